The first-order valence-corrected chi connectivity index (χ1v) is 11.1. The van der Waals surface area contributed by atoms with E-state index in [2.05, 4.69) is 22.0 Å². The molecule has 1 aromatic rings. The number of piperidine rings is 1. The monoisotopic (exact) mass is 379 g/mol. The van der Waals surface area contributed by atoms with Crippen LogP contribution in [0.5, 0.6) is 0 Å². The standard InChI is InChI=1S/C19H29N3O3S/c1-25-14-17-13-22(26(23,24)18-2-3-18)15-19(17)6-10-21(11-7-19)12-16-4-8-20-9-5-16/h4-5,8-9,17-18H,2-3,6-7,10-15H2,1H3. The predicted molar refractivity (Wildman–Crippen MR) is 100 cm³/mol. The first-order valence-electron chi connectivity index (χ1n) is 9.63. The van der Waals surface area contributed by atoms with E-state index in [1.165, 1.54) is 5.56 Å². The number of methoxy groups -OCH3 is 1. The molecule has 0 radical (unpaired) electrons. The van der Waals surface area contributed by atoms with Crippen LogP contribution in [0.4, 0.5) is 0 Å². The maximum atomic E-state index is 12.7. The summed E-state index contributed by atoms with van der Waals surface area (Å²) in [6.07, 6.45) is 7.44. The average molecular weight is 380 g/mol. The SMILES string of the molecule is COCC1CN(S(=O)(=O)C2CC2)CC12CCN(Cc1ccncc1)CC2. The highest BCUT2D eigenvalue weighted by Crippen LogP contribution is 2.47. The van der Waals surface area contributed by atoms with Gasteiger partial charge in [0.2, 0.25) is 10.0 Å². The van der Waals surface area contributed by atoms with E-state index < -0.39 is 10.0 Å². The van der Waals surface area contributed by atoms with Gasteiger partial charge in [0.15, 0.2) is 0 Å². The molecule has 1 unspecified atom stereocenters. The van der Waals surface area contributed by atoms with E-state index in [0.717, 1.165) is 45.3 Å². The summed E-state index contributed by atoms with van der Waals surface area (Å²) in [6, 6.07) is 4.13. The Morgan fingerprint density at radius 1 is 1.23 bits per heavy atom. The Hall–Kier alpha value is -1.02. The van der Waals surface area contributed by atoms with Crippen molar-refractivity contribution in [2.75, 3.05) is 39.9 Å². The number of rotatable bonds is 6. The molecule has 0 N–H and O–H groups in total. The van der Waals surface area contributed by atoms with Crippen LogP contribution in [0.2, 0.25) is 0 Å². The lowest BCUT2D eigenvalue weighted by Gasteiger charge is -2.42. The Morgan fingerprint density at radius 2 is 1.92 bits per heavy atom. The minimum atomic E-state index is -3.10. The second kappa shape index (κ2) is 7.19. The van der Waals surface area contributed by atoms with Gasteiger partial charge in [-0.3, -0.25) is 9.88 Å². The molecule has 26 heavy (non-hydrogen) atoms. The minimum Gasteiger partial charge on any atom is -0.384 e. The van der Waals surface area contributed by atoms with Crippen molar-refractivity contribution in [2.45, 2.75) is 37.5 Å². The maximum absolute atomic E-state index is 12.7. The van der Waals surface area contributed by atoms with Gasteiger partial charge in [-0.25, -0.2) is 12.7 Å². The van der Waals surface area contributed by atoms with Crippen molar-refractivity contribution in [1.82, 2.24) is 14.2 Å². The average Bonchev–Trinajstić information content (AvgIpc) is 3.44. The Balaban J connectivity index is 1.43. The summed E-state index contributed by atoms with van der Waals surface area (Å²) >= 11 is 0. The first-order chi connectivity index (χ1) is 12.5. The van der Waals surface area contributed by atoms with Gasteiger partial charge in [-0.1, -0.05) is 0 Å². The fourth-order valence-electron chi connectivity index (χ4n) is 4.65. The number of likely N-dealkylation sites (tertiary alicyclic amines) is 1. The number of aromatic nitrogens is 1. The molecule has 2 saturated heterocycles. The summed E-state index contributed by atoms with van der Waals surface area (Å²) in [4.78, 5) is 6.56. The summed E-state index contributed by atoms with van der Waals surface area (Å²) in [6.45, 7) is 4.94. The lowest BCUT2D eigenvalue weighted by molar-refractivity contribution is 0.0357. The fourth-order valence-corrected chi connectivity index (χ4v) is 6.63. The van der Waals surface area contributed by atoms with Crippen molar-refractivity contribution >= 4 is 10.0 Å². The van der Waals surface area contributed by atoms with Crippen LogP contribution in [0.25, 0.3) is 0 Å². The number of hydrogen-bond donors (Lipinski definition) is 0. The van der Waals surface area contributed by atoms with Crippen LogP contribution in [0.3, 0.4) is 0 Å². The third-order valence-corrected chi connectivity index (χ3v) is 8.77. The fraction of sp³-hybridized carbons (Fsp3) is 0.737. The van der Waals surface area contributed by atoms with Gasteiger partial charge in [0.05, 0.1) is 11.9 Å². The molecule has 7 heteroatoms. The Kier molecular flexibility index (Phi) is 5.07. The lowest BCUT2D eigenvalue weighted by atomic mass is 9.71. The number of pyridine rings is 1. The molecule has 6 nitrogen and oxygen atoms in total. The molecule has 1 atom stereocenters. The maximum Gasteiger partial charge on any atom is 0.217 e. The van der Waals surface area contributed by atoms with E-state index >= 15 is 0 Å². The normalized spacial score (nSPS) is 27.2. The van der Waals surface area contributed by atoms with Crippen molar-refractivity contribution in [3.8, 4) is 0 Å². The molecular formula is C19H29N3O3S. The van der Waals surface area contributed by atoms with Gasteiger partial charge < -0.3 is 4.74 Å². The summed E-state index contributed by atoms with van der Waals surface area (Å²) in [5, 5.41) is -0.118. The number of hydrogen-bond acceptors (Lipinski definition) is 5. The molecule has 0 aromatic carbocycles. The largest absolute Gasteiger partial charge is 0.384 e. The molecule has 4 rings (SSSR count). The molecule has 3 heterocycles. The predicted octanol–water partition coefficient (Wildman–Crippen LogP) is 1.73. The Labute approximate surface area is 156 Å². The van der Waals surface area contributed by atoms with Gasteiger partial charge in [0.1, 0.15) is 0 Å². The zero-order valence-corrected chi connectivity index (χ0v) is 16.3. The number of ether oxygens (including phenoxy) is 1. The third kappa shape index (κ3) is 3.54. The van der Waals surface area contributed by atoms with Gasteiger partial charge in [-0.05, 0) is 61.9 Å². The van der Waals surface area contributed by atoms with E-state index in [4.69, 9.17) is 4.74 Å². The zero-order valence-electron chi connectivity index (χ0n) is 15.5. The second-order valence-electron chi connectivity index (χ2n) is 8.18. The van der Waals surface area contributed by atoms with Gasteiger partial charge in [0.25, 0.3) is 0 Å². The molecule has 1 aliphatic carbocycles. The molecule has 1 aromatic heterocycles. The molecule has 3 fully saturated rings. The molecule has 0 bridgehead atoms. The molecule has 2 aliphatic heterocycles. The van der Waals surface area contributed by atoms with Gasteiger partial charge >= 0.3 is 0 Å². The summed E-state index contributed by atoms with van der Waals surface area (Å²) in [5.74, 6) is 0.309. The quantitative estimate of drug-likeness (QED) is 0.753. The topological polar surface area (TPSA) is 62.7 Å². The van der Waals surface area contributed by atoms with Crippen LogP contribution in [0.15, 0.2) is 24.5 Å². The van der Waals surface area contributed by atoms with Gasteiger partial charge in [0, 0.05) is 45.1 Å². The Morgan fingerprint density at radius 3 is 2.54 bits per heavy atom. The van der Waals surface area contributed by atoms with E-state index in [-0.39, 0.29) is 10.7 Å². The van der Waals surface area contributed by atoms with Crippen LogP contribution in [0.1, 0.15) is 31.2 Å². The molecule has 1 spiro atoms. The molecule has 0 amide bonds. The smallest absolute Gasteiger partial charge is 0.217 e. The molecular weight excluding hydrogens is 350 g/mol. The summed E-state index contributed by atoms with van der Waals surface area (Å²) in [5.41, 5.74) is 1.36. The lowest BCUT2D eigenvalue weighted by Crippen LogP contribution is -2.45. The third-order valence-electron chi connectivity index (χ3n) is 6.46. The molecule has 1 saturated carbocycles. The number of nitrogens with zero attached hydrogens (tertiary/aromatic N) is 3. The molecule has 3 aliphatic rings. The summed E-state index contributed by atoms with van der Waals surface area (Å²) in [7, 11) is -1.37. The van der Waals surface area contributed by atoms with Crippen molar-refractivity contribution in [3.63, 3.8) is 0 Å². The van der Waals surface area contributed by atoms with Crippen LogP contribution in [-0.4, -0.2) is 67.8 Å². The summed E-state index contributed by atoms with van der Waals surface area (Å²) < 4.78 is 32.7. The van der Waals surface area contributed by atoms with E-state index in [0.29, 0.717) is 25.6 Å². The van der Waals surface area contributed by atoms with Gasteiger partial charge in [-0.2, -0.15) is 0 Å². The van der Waals surface area contributed by atoms with Crippen LogP contribution >= 0.6 is 0 Å². The highest BCUT2D eigenvalue weighted by molar-refractivity contribution is 7.90. The number of sulfonamides is 1. The van der Waals surface area contributed by atoms with Crippen LogP contribution < -0.4 is 0 Å². The second-order valence-corrected chi connectivity index (χ2v) is 10.4. The highest BCUT2D eigenvalue weighted by atomic mass is 32.2. The van der Waals surface area contributed by atoms with E-state index in [1.54, 1.807) is 11.4 Å². The van der Waals surface area contributed by atoms with Crippen LogP contribution in [-0.2, 0) is 21.3 Å². The van der Waals surface area contributed by atoms with E-state index in [1.807, 2.05) is 12.4 Å². The highest BCUT2D eigenvalue weighted by Gasteiger charge is 2.53. The van der Waals surface area contributed by atoms with Crippen molar-refractivity contribution in [3.05, 3.63) is 30.1 Å². The Bertz CT molecular complexity index is 713. The van der Waals surface area contributed by atoms with Crippen LogP contribution in [0, 0.1) is 11.3 Å². The van der Waals surface area contributed by atoms with E-state index in [9.17, 15) is 8.42 Å². The minimum absolute atomic E-state index is 0.0761. The molecule has 144 valence electrons. The van der Waals surface area contributed by atoms with Gasteiger partial charge in [-0.15, -0.1) is 0 Å². The van der Waals surface area contributed by atoms with Crippen molar-refractivity contribution in [2.24, 2.45) is 11.3 Å². The van der Waals surface area contributed by atoms with Crippen molar-refractivity contribution in [1.29, 1.82) is 0 Å². The van der Waals surface area contributed by atoms with Crippen molar-refractivity contribution < 1.29 is 13.2 Å². The zero-order chi connectivity index (χ0) is 18.2. The first kappa shape index (κ1) is 18.3.